The molecule has 0 saturated carbocycles. The third-order valence-corrected chi connectivity index (χ3v) is 3.42. The van der Waals surface area contributed by atoms with Crippen molar-refractivity contribution in [2.45, 2.75) is 6.54 Å². The zero-order valence-corrected chi connectivity index (χ0v) is 14.0. The molecule has 1 aliphatic heterocycles. The zero-order valence-electron chi connectivity index (χ0n) is 11.7. The quantitative estimate of drug-likeness (QED) is 0.849. The minimum absolute atomic E-state index is 0. The molecule has 0 unspecified atom stereocenters. The van der Waals surface area contributed by atoms with Crippen LogP contribution in [0.1, 0.15) is 5.89 Å². The summed E-state index contributed by atoms with van der Waals surface area (Å²) in [6, 6.07) is 1.80. The van der Waals surface area contributed by atoms with Crippen LogP contribution in [0.4, 0.5) is 5.82 Å². The predicted octanol–water partition coefficient (Wildman–Crippen LogP) is 1.50. The van der Waals surface area contributed by atoms with E-state index >= 15 is 0 Å². The molecule has 0 radical (unpaired) electrons. The van der Waals surface area contributed by atoms with Crippen molar-refractivity contribution in [3.05, 3.63) is 23.2 Å². The molecule has 2 aromatic rings. The van der Waals surface area contributed by atoms with Gasteiger partial charge >= 0.3 is 0 Å². The van der Waals surface area contributed by atoms with E-state index in [9.17, 15) is 0 Å². The Kier molecular flexibility index (Phi) is 7.31. The first kappa shape index (κ1) is 18.9. The summed E-state index contributed by atoms with van der Waals surface area (Å²) in [5.74, 6) is 1.63. The Morgan fingerprint density at radius 1 is 1.32 bits per heavy atom. The van der Waals surface area contributed by atoms with Crippen molar-refractivity contribution in [1.82, 2.24) is 20.4 Å². The number of hydrogen-bond acceptors (Lipinski definition) is 7. The number of halogens is 3. The van der Waals surface area contributed by atoms with Crippen molar-refractivity contribution in [3.63, 3.8) is 0 Å². The van der Waals surface area contributed by atoms with E-state index in [1.54, 1.807) is 12.3 Å². The summed E-state index contributed by atoms with van der Waals surface area (Å²) in [4.78, 5) is 10.7. The topological polar surface area (TPSA) is 93.1 Å². The average molecular weight is 368 g/mol. The minimum Gasteiger partial charge on any atom is -0.353 e. The van der Waals surface area contributed by atoms with Crippen LogP contribution in [0.25, 0.3) is 11.4 Å². The van der Waals surface area contributed by atoms with Crippen molar-refractivity contribution in [2.24, 2.45) is 5.73 Å². The lowest BCUT2D eigenvalue weighted by Crippen LogP contribution is -2.44. The lowest BCUT2D eigenvalue weighted by molar-refractivity contribution is 0.380. The maximum absolute atomic E-state index is 6.32. The average Bonchev–Trinajstić information content (AvgIpc) is 2.97. The van der Waals surface area contributed by atoms with Crippen LogP contribution in [-0.2, 0) is 6.54 Å². The molecule has 0 aliphatic carbocycles. The number of pyridine rings is 1. The molecule has 7 nitrogen and oxygen atoms in total. The lowest BCUT2D eigenvalue weighted by Gasteiger charge is -2.29. The standard InChI is InChI=1S/C12H15ClN6O.2ClH/c13-9-5-8(11-17-10(6-14)20-18-11)7-16-12(9)19-3-1-15-2-4-19;;/h5,7,15H,1-4,6,14H2;2*1H. The number of nitrogens with one attached hydrogen (secondary N) is 1. The van der Waals surface area contributed by atoms with E-state index in [-0.39, 0.29) is 31.4 Å². The summed E-state index contributed by atoms with van der Waals surface area (Å²) in [7, 11) is 0. The maximum Gasteiger partial charge on any atom is 0.240 e. The molecule has 1 fully saturated rings. The molecule has 3 N–H and O–H groups in total. The molecule has 122 valence electrons. The van der Waals surface area contributed by atoms with Gasteiger partial charge in [0.2, 0.25) is 11.7 Å². The van der Waals surface area contributed by atoms with Gasteiger partial charge in [-0.15, -0.1) is 24.8 Å². The number of piperazine rings is 1. The third kappa shape index (κ3) is 3.99. The molecule has 0 spiro atoms. The molecule has 0 atom stereocenters. The Morgan fingerprint density at radius 3 is 2.64 bits per heavy atom. The second kappa shape index (κ2) is 8.50. The highest BCUT2D eigenvalue weighted by molar-refractivity contribution is 6.33. The molecule has 3 rings (SSSR count). The highest BCUT2D eigenvalue weighted by atomic mass is 35.5. The first-order chi connectivity index (χ1) is 9.78. The molecule has 1 saturated heterocycles. The minimum atomic E-state index is 0. The monoisotopic (exact) mass is 366 g/mol. The Hall–Kier alpha value is -1.12. The Morgan fingerprint density at radius 2 is 2.05 bits per heavy atom. The number of aromatic nitrogens is 3. The molecule has 10 heteroatoms. The molecule has 22 heavy (non-hydrogen) atoms. The smallest absolute Gasteiger partial charge is 0.240 e. The SMILES string of the molecule is Cl.Cl.NCc1nc(-c2cnc(N3CCNCC3)c(Cl)c2)no1. The van der Waals surface area contributed by atoms with Crippen molar-refractivity contribution in [1.29, 1.82) is 0 Å². The van der Waals surface area contributed by atoms with Crippen LogP contribution in [0.5, 0.6) is 0 Å². The van der Waals surface area contributed by atoms with Gasteiger partial charge in [-0.3, -0.25) is 0 Å². The van der Waals surface area contributed by atoms with E-state index in [0.29, 0.717) is 16.7 Å². The van der Waals surface area contributed by atoms with E-state index in [2.05, 4.69) is 25.3 Å². The summed E-state index contributed by atoms with van der Waals surface area (Å²) in [6.45, 7) is 3.87. The zero-order chi connectivity index (χ0) is 13.9. The van der Waals surface area contributed by atoms with Crippen LogP contribution in [0.15, 0.2) is 16.8 Å². The van der Waals surface area contributed by atoms with E-state index in [1.165, 1.54) is 0 Å². The van der Waals surface area contributed by atoms with E-state index < -0.39 is 0 Å². The number of rotatable bonds is 3. The van der Waals surface area contributed by atoms with Crippen LogP contribution in [0.2, 0.25) is 5.02 Å². The van der Waals surface area contributed by atoms with Gasteiger partial charge in [0.05, 0.1) is 11.6 Å². The summed E-state index contributed by atoms with van der Waals surface area (Å²) in [5, 5.41) is 7.73. The highest BCUT2D eigenvalue weighted by Crippen LogP contribution is 2.27. The summed E-state index contributed by atoms with van der Waals surface area (Å²) in [6.07, 6.45) is 1.70. The second-order valence-corrected chi connectivity index (χ2v) is 4.89. The first-order valence-electron chi connectivity index (χ1n) is 6.42. The summed E-state index contributed by atoms with van der Waals surface area (Å²) < 4.78 is 4.98. The van der Waals surface area contributed by atoms with Crippen LogP contribution < -0.4 is 16.0 Å². The fraction of sp³-hybridized carbons (Fsp3) is 0.417. The number of nitrogens with two attached hydrogens (primary N) is 1. The third-order valence-electron chi connectivity index (χ3n) is 3.14. The molecule has 3 heterocycles. The Bertz CT molecular complexity index is 602. The molecule has 1 aliphatic rings. The van der Waals surface area contributed by atoms with Gasteiger partial charge in [0.1, 0.15) is 5.82 Å². The number of nitrogens with zero attached hydrogens (tertiary/aromatic N) is 4. The van der Waals surface area contributed by atoms with Crippen molar-refractivity contribution in [3.8, 4) is 11.4 Å². The molecule has 0 amide bonds. The fourth-order valence-corrected chi connectivity index (χ4v) is 2.40. The molecular formula is C12H17Cl3N6O. The second-order valence-electron chi connectivity index (χ2n) is 4.48. The molecule has 2 aromatic heterocycles. The normalized spacial score (nSPS) is 14.2. The summed E-state index contributed by atoms with van der Waals surface area (Å²) >= 11 is 6.32. The fourth-order valence-electron chi connectivity index (χ4n) is 2.12. The van der Waals surface area contributed by atoms with Gasteiger partial charge in [-0.25, -0.2) is 4.98 Å². The van der Waals surface area contributed by atoms with Crippen LogP contribution in [-0.4, -0.2) is 41.3 Å². The Labute approximate surface area is 145 Å². The molecule has 0 aromatic carbocycles. The van der Waals surface area contributed by atoms with Crippen molar-refractivity contribution < 1.29 is 4.52 Å². The van der Waals surface area contributed by atoms with Crippen molar-refractivity contribution >= 4 is 42.2 Å². The van der Waals surface area contributed by atoms with Gasteiger partial charge in [0, 0.05) is 37.9 Å². The highest BCUT2D eigenvalue weighted by Gasteiger charge is 2.16. The van der Waals surface area contributed by atoms with Crippen LogP contribution >= 0.6 is 36.4 Å². The molecule has 0 bridgehead atoms. The van der Waals surface area contributed by atoms with E-state index in [4.69, 9.17) is 21.9 Å². The predicted molar refractivity (Wildman–Crippen MR) is 90.0 cm³/mol. The number of hydrogen-bond donors (Lipinski definition) is 2. The van der Waals surface area contributed by atoms with Crippen molar-refractivity contribution in [2.75, 3.05) is 31.1 Å². The van der Waals surface area contributed by atoms with E-state index in [1.807, 2.05) is 0 Å². The maximum atomic E-state index is 6.32. The first-order valence-corrected chi connectivity index (χ1v) is 6.80. The Balaban J connectivity index is 0.00000121. The van der Waals surface area contributed by atoms with Gasteiger partial charge in [-0.05, 0) is 6.07 Å². The van der Waals surface area contributed by atoms with Gasteiger partial charge in [0.15, 0.2) is 0 Å². The summed E-state index contributed by atoms with van der Waals surface area (Å²) in [5.41, 5.74) is 6.16. The lowest BCUT2D eigenvalue weighted by atomic mass is 10.2. The van der Waals surface area contributed by atoms with Gasteiger partial charge in [0.25, 0.3) is 0 Å². The van der Waals surface area contributed by atoms with Gasteiger partial charge in [-0.2, -0.15) is 4.98 Å². The largest absolute Gasteiger partial charge is 0.353 e. The van der Waals surface area contributed by atoms with Gasteiger partial charge < -0.3 is 20.5 Å². The van der Waals surface area contributed by atoms with E-state index in [0.717, 1.165) is 37.6 Å². The van der Waals surface area contributed by atoms with Crippen LogP contribution in [0.3, 0.4) is 0 Å². The number of anilines is 1. The molecular weight excluding hydrogens is 351 g/mol. The van der Waals surface area contributed by atoms with Crippen LogP contribution in [0, 0.1) is 0 Å². The van der Waals surface area contributed by atoms with Gasteiger partial charge in [-0.1, -0.05) is 16.8 Å².